The molecule has 3 rings (SSSR count). The van der Waals surface area contributed by atoms with Crippen LogP contribution in [0.1, 0.15) is 34.0 Å². The average molecular weight is 389 g/mol. The summed E-state index contributed by atoms with van der Waals surface area (Å²) in [4.78, 5) is 31.6. The Morgan fingerprint density at radius 1 is 1.21 bits per heavy atom. The van der Waals surface area contributed by atoms with Crippen LogP contribution in [0.25, 0.3) is 10.9 Å². The number of nitrogens with one attached hydrogen (secondary N) is 2. The van der Waals surface area contributed by atoms with E-state index in [1.807, 2.05) is 0 Å². The number of pyridine rings is 2. The van der Waals surface area contributed by atoms with Crippen molar-refractivity contribution in [1.29, 1.82) is 0 Å². The fourth-order valence-electron chi connectivity index (χ4n) is 3.00. The van der Waals surface area contributed by atoms with Crippen molar-refractivity contribution in [3.05, 3.63) is 75.3 Å². The maximum atomic E-state index is 13.3. The van der Waals surface area contributed by atoms with Crippen LogP contribution in [-0.4, -0.2) is 22.4 Å². The van der Waals surface area contributed by atoms with Gasteiger partial charge in [-0.2, -0.15) is 13.2 Å². The van der Waals surface area contributed by atoms with Gasteiger partial charge < -0.3 is 10.3 Å². The predicted molar refractivity (Wildman–Crippen MR) is 99.2 cm³/mol. The molecule has 0 spiro atoms. The van der Waals surface area contributed by atoms with Crippen molar-refractivity contribution < 1.29 is 18.0 Å². The number of halogens is 3. The van der Waals surface area contributed by atoms with E-state index in [0.717, 1.165) is 11.6 Å². The lowest BCUT2D eigenvalue weighted by Gasteiger charge is -2.13. The first-order chi connectivity index (χ1) is 13.3. The van der Waals surface area contributed by atoms with Gasteiger partial charge in [0.1, 0.15) is 5.56 Å². The van der Waals surface area contributed by atoms with Gasteiger partial charge >= 0.3 is 6.18 Å². The molecule has 0 radical (unpaired) electrons. The topological polar surface area (TPSA) is 74.8 Å². The molecule has 0 bridgehead atoms. The molecular formula is C20H18F3N3O2. The number of carbonyl (C=O) groups excluding carboxylic acids is 1. The molecule has 146 valence electrons. The minimum absolute atomic E-state index is 0.0882. The van der Waals surface area contributed by atoms with E-state index < -0.39 is 23.1 Å². The second-order valence-electron chi connectivity index (χ2n) is 6.30. The Labute approximate surface area is 158 Å². The lowest BCUT2D eigenvalue weighted by Crippen LogP contribution is -2.30. The lowest BCUT2D eigenvalue weighted by molar-refractivity contribution is -0.138. The van der Waals surface area contributed by atoms with Gasteiger partial charge in [-0.15, -0.1) is 0 Å². The van der Waals surface area contributed by atoms with Crippen LogP contribution in [0.5, 0.6) is 0 Å². The van der Waals surface area contributed by atoms with Crippen molar-refractivity contribution in [1.82, 2.24) is 15.3 Å². The third-order valence-corrected chi connectivity index (χ3v) is 4.48. The van der Waals surface area contributed by atoms with Crippen LogP contribution in [-0.2, 0) is 19.0 Å². The fraction of sp³-hybridized carbons (Fsp3) is 0.250. The molecule has 3 aromatic rings. The number of aryl methyl sites for hydroxylation is 1. The van der Waals surface area contributed by atoms with E-state index in [-0.39, 0.29) is 35.0 Å². The number of fused-ring (bicyclic) bond motifs is 1. The Morgan fingerprint density at radius 3 is 2.57 bits per heavy atom. The molecule has 28 heavy (non-hydrogen) atoms. The van der Waals surface area contributed by atoms with Crippen molar-refractivity contribution >= 4 is 16.8 Å². The number of aromatic amines is 1. The van der Waals surface area contributed by atoms with Gasteiger partial charge in [0.2, 0.25) is 5.43 Å². The highest BCUT2D eigenvalue weighted by Crippen LogP contribution is 2.34. The van der Waals surface area contributed by atoms with E-state index in [1.54, 1.807) is 31.5 Å². The highest BCUT2D eigenvalue weighted by molar-refractivity contribution is 5.97. The van der Waals surface area contributed by atoms with Crippen molar-refractivity contribution in [3.63, 3.8) is 0 Å². The largest absolute Gasteiger partial charge is 0.416 e. The number of hydrogen-bond acceptors (Lipinski definition) is 3. The summed E-state index contributed by atoms with van der Waals surface area (Å²) >= 11 is 0. The van der Waals surface area contributed by atoms with Gasteiger partial charge in [-0.05, 0) is 48.2 Å². The molecule has 0 aliphatic rings. The lowest BCUT2D eigenvalue weighted by atomic mass is 10.00. The quantitative estimate of drug-likeness (QED) is 0.702. The molecule has 8 heteroatoms. The molecule has 0 unspecified atom stereocenters. The number of aromatic nitrogens is 2. The number of rotatable bonds is 5. The third-order valence-electron chi connectivity index (χ3n) is 4.48. The number of H-pyrrole nitrogens is 1. The third kappa shape index (κ3) is 4.05. The molecule has 0 fully saturated rings. The zero-order valence-corrected chi connectivity index (χ0v) is 15.1. The van der Waals surface area contributed by atoms with Crippen LogP contribution in [0.15, 0.2) is 47.7 Å². The second kappa shape index (κ2) is 7.84. The molecule has 2 aromatic heterocycles. The fourth-order valence-corrected chi connectivity index (χ4v) is 3.00. The number of hydrogen-bond donors (Lipinski definition) is 2. The number of alkyl halides is 3. The minimum Gasteiger partial charge on any atom is -0.360 e. The zero-order chi connectivity index (χ0) is 20.3. The first kappa shape index (κ1) is 19.6. The predicted octanol–water partition coefficient (Wildman–Crippen LogP) is 3.48. The standard InChI is InChI=1S/C20H18F3N3O2/c1-2-13-9-17-14(10-16(13)20(21,22)23)18(27)15(11-26-17)19(28)25-8-5-12-3-6-24-7-4-12/h3-4,6-7,9-11H,2,5,8H2,1H3,(H,25,28)(H,26,27). The number of benzene rings is 1. The van der Waals surface area contributed by atoms with Crippen LogP contribution < -0.4 is 10.7 Å². The Morgan fingerprint density at radius 2 is 1.93 bits per heavy atom. The molecule has 5 nitrogen and oxygen atoms in total. The summed E-state index contributed by atoms with van der Waals surface area (Å²) in [5, 5.41) is 2.46. The maximum absolute atomic E-state index is 13.3. The highest BCUT2D eigenvalue weighted by Gasteiger charge is 2.33. The Balaban J connectivity index is 1.88. The summed E-state index contributed by atoms with van der Waals surface area (Å²) in [6.45, 7) is 1.89. The number of nitrogens with zero attached hydrogens (tertiary/aromatic N) is 1. The minimum atomic E-state index is -4.57. The second-order valence-corrected chi connectivity index (χ2v) is 6.30. The molecule has 0 aliphatic heterocycles. The molecule has 0 saturated heterocycles. The summed E-state index contributed by atoms with van der Waals surface area (Å²) in [5.74, 6) is -0.634. The Bertz CT molecular complexity index is 1060. The van der Waals surface area contributed by atoms with E-state index in [4.69, 9.17) is 0 Å². The van der Waals surface area contributed by atoms with Crippen molar-refractivity contribution in [2.45, 2.75) is 25.9 Å². The van der Waals surface area contributed by atoms with Crippen LogP contribution in [0.3, 0.4) is 0 Å². The molecule has 1 amide bonds. The van der Waals surface area contributed by atoms with E-state index in [1.165, 1.54) is 12.3 Å². The van der Waals surface area contributed by atoms with Crippen molar-refractivity contribution in [2.24, 2.45) is 0 Å². The summed E-state index contributed by atoms with van der Waals surface area (Å²) in [7, 11) is 0. The van der Waals surface area contributed by atoms with E-state index in [9.17, 15) is 22.8 Å². The Kier molecular flexibility index (Phi) is 5.48. The van der Waals surface area contributed by atoms with Gasteiger partial charge in [-0.3, -0.25) is 14.6 Å². The molecule has 2 N–H and O–H groups in total. The van der Waals surface area contributed by atoms with Crippen molar-refractivity contribution in [2.75, 3.05) is 6.54 Å². The summed E-state index contributed by atoms with van der Waals surface area (Å²) in [6.07, 6.45) is 0.637. The van der Waals surface area contributed by atoms with Gasteiger partial charge in [0.25, 0.3) is 5.91 Å². The summed E-state index contributed by atoms with van der Waals surface area (Å²) in [6, 6.07) is 5.74. The van der Waals surface area contributed by atoms with Gasteiger partial charge in [0.15, 0.2) is 0 Å². The van der Waals surface area contributed by atoms with Gasteiger partial charge in [0.05, 0.1) is 5.56 Å². The highest BCUT2D eigenvalue weighted by atomic mass is 19.4. The first-order valence-corrected chi connectivity index (χ1v) is 8.74. The van der Waals surface area contributed by atoms with Gasteiger partial charge in [0, 0.05) is 36.0 Å². The van der Waals surface area contributed by atoms with Crippen LogP contribution >= 0.6 is 0 Å². The maximum Gasteiger partial charge on any atom is 0.416 e. The molecule has 0 aliphatic carbocycles. The van der Waals surface area contributed by atoms with Gasteiger partial charge in [-0.25, -0.2) is 0 Å². The van der Waals surface area contributed by atoms with Crippen LogP contribution in [0.4, 0.5) is 13.2 Å². The Hall–Kier alpha value is -3.16. The summed E-state index contributed by atoms with van der Waals surface area (Å²) < 4.78 is 39.9. The van der Waals surface area contributed by atoms with Crippen LogP contribution in [0, 0.1) is 0 Å². The number of amides is 1. The normalized spacial score (nSPS) is 11.6. The smallest absolute Gasteiger partial charge is 0.360 e. The van der Waals surface area contributed by atoms with Crippen LogP contribution in [0.2, 0.25) is 0 Å². The first-order valence-electron chi connectivity index (χ1n) is 8.74. The molecule has 2 heterocycles. The monoisotopic (exact) mass is 389 g/mol. The van der Waals surface area contributed by atoms with E-state index in [2.05, 4.69) is 15.3 Å². The zero-order valence-electron chi connectivity index (χ0n) is 15.1. The number of carbonyl (C=O) groups is 1. The molecular weight excluding hydrogens is 371 g/mol. The van der Waals surface area contributed by atoms with Crippen molar-refractivity contribution in [3.8, 4) is 0 Å². The van der Waals surface area contributed by atoms with E-state index >= 15 is 0 Å². The average Bonchev–Trinajstić information content (AvgIpc) is 2.67. The molecule has 0 atom stereocenters. The molecule has 1 aromatic carbocycles. The SMILES string of the molecule is CCc1cc2[nH]cc(C(=O)NCCc3ccncc3)c(=O)c2cc1C(F)(F)F. The summed E-state index contributed by atoms with van der Waals surface area (Å²) in [5.41, 5.74) is -0.496. The molecule has 0 saturated carbocycles. The van der Waals surface area contributed by atoms with Gasteiger partial charge in [-0.1, -0.05) is 6.92 Å². The van der Waals surface area contributed by atoms with E-state index in [0.29, 0.717) is 6.42 Å².